The molecule has 1 aliphatic heterocycles. The van der Waals surface area contributed by atoms with Gasteiger partial charge >= 0.3 is 0 Å². The van der Waals surface area contributed by atoms with E-state index in [9.17, 15) is 9.59 Å². The summed E-state index contributed by atoms with van der Waals surface area (Å²) in [4.78, 5) is 27.0. The van der Waals surface area contributed by atoms with Gasteiger partial charge in [0.1, 0.15) is 0 Å². The normalized spacial score (nSPS) is 22.2. The molecule has 1 aromatic rings. The molecule has 1 saturated carbocycles. The lowest BCUT2D eigenvalue weighted by Gasteiger charge is -2.27. The summed E-state index contributed by atoms with van der Waals surface area (Å²) in [6, 6.07) is 0.281. The topological polar surface area (TPSA) is 67.2 Å². The molecule has 1 N–H and O–H groups in total. The predicted octanol–water partition coefficient (Wildman–Crippen LogP) is 2.66. The minimum atomic E-state index is -0.111. The fourth-order valence-corrected chi connectivity index (χ4v) is 4.10. The summed E-state index contributed by atoms with van der Waals surface area (Å²) < 4.78 is 1.82. The van der Waals surface area contributed by atoms with Gasteiger partial charge < -0.3 is 10.2 Å². The first-order valence-electron chi connectivity index (χ1n) is 9.73. The minimum Gasteiger partial charge on any atom is -0.347 e. The lowest BCUT2D eigenvalue weighted by atomic mass is 10.1. The van der Waals surface area contributed by atoms with Crippen LogP contribution in [0.3, 0.4) is 0 Å². The number of nitrogens with zero attached hydrogens (tertiary/aromatic N) is 3. The Morgan fingerprint density at radius 3 is 2.68 bits per heavy atom. The molecule has 0 spiro atoms. The minimum absolute atomic E-state index is 0.0859. The lowest BCUT2D eigenvalue weighted by molar-refractivity contribution is -0.129. The van der Waals surface area contributed by atoms with Gasteiger partial charge in [0, 0.05) is 31.7 Å². The zero-order valence-corrected chi connectivity index (χ0v) is 15.5. The van der Waals surface area contributed by atoms with Crippen molar-refractivity contribution in [3.05, 3.63) is 17.5 Å². The number of nitrogens with one attached hydrogen (secondary N) is 1. The molecule has 0 radical (unpaired) electrons. The number of carbonyl (C=O) groups is 2. The second-order valence-electron chi connectivity index (χ2n) is 7.46. The Hall–Kier alpha value is -1.85. The molecular weight excluding hydrogens is 316 g/mol. The number of hydrogen-bond acceptors (Lipinski definition) is 3. The monoisotopic (exact) mass is 346 g/mol. The Morgan fingerprint density at radius 2 is 2.00 bits per heavy atom. The molecule has 2 fully saturated rings. The molecule has 1 saturated heterocycles. The van der Waals surface area contributed by atoms with E-state index in [1.807, 2.05) is 22.7 Å². The number of hydrogen-bond donors (Lipinski definition) is 1. The van der Waals surface area contributed by atoms with Crippen LogP contribution < -0.4 is 5.32 Å². The van der Waals surface area contributed by atoms with Gasteiger partial charge in [-0.25, -0.2) is 0 Å². The van der Waals surface area contributed by atoms with Crippen LogP contribution in [0.25, 0.3) is 0 Å². The van der Waals surface area contributed by atoms with Crippen molar-refractivity contribution in [2.24, 2.45) is 0 Å². The van der Waals surface area contributed by atoms with Gasteiger partial charge in [-0.15, -0.1) is 0 Å². The molecule has 1 aromatic heterocycles. The van der Waals surface area contributed by atoms with E-state index in [-0.39, 0.29) is 17.9 Å². The standard InChI is InChI=1S/C19H30N4O2/c1-3-10-22-13-17(14(2)21-22)19(25)20-15-11-18(24)23(12-15)16-8-6-4-5-7-9-16/h13,15-16H,3-12H2,1-2H3,(H,20,25)/t15-/m0/s1. The molecule has 1 aliphatic carbocycles. The van der Waals surface area contributed by atoms with Gasteiger partial charge in [0.2, 0.25) is 5.91 Å². The van der Waals surface area contributed by atoms with E-state index in [0.29, 0.717) is 24.6 Å². The average Bonchev–Trinajstić information content (AvgIpc) is 2.99. The summed E-state index contributed by atoms with van der Waals surface area (Å²) in [5, 5.41) is 7.44. The van der Waals surface area contributed by atoms with E-state index >= 15 is 0 Å². The molecule has 2 heterocycles. The van der Waals surface area contributed by atoms with Crippen LogP contribution >= 0.6 is 0 Å². The fourth-order valence-electron chi connectivity index (χ4n) is 4.10. The van der Waals surface area contributed by atoms with Gasteiger partial charge in [-0.1, -0.05) is 32.6 Å². The van der Waals surface area contributed by atoms with Crippen LogP contribution in [-0.2, 0) is 11.3 Å². The number of amides is 2. The maximum absolute atomic E-state index is 12.6. The first kappa shape index (κ1) is 18.0. The van der Waals surface area contributed by atoms with E-state index in [1.165, 1.54) is 25.7 Å². The second-order valence-corrected chi connectivity index (χ2v) is 7.46. The molecule has 25 heavy (non-hydrogen) atoms. The summed E-state index contributed by atoms with van der Waals surface area (Å²) in [5.41, 5.74) is 1.37. The lowest BCUT2D eigenvalue weighted by Crippen LogP contribution is -2.40. The first-order chi connectivity index (χ1) is 12.1. The average molecular weight is 346 g/mol. The van der Waals surface area contributed by atoms with Crippen molar-refractivity contribution in [3.8, 4) is 0 Å². The van der Waals surface area contributed by atoms with Gasteiger partial charge in [-0.3, -0.25) is 14.3 Å². The molecule has 2 amide bonds. The molecule has 3 rings (SSSR count). The van der Waals surface area contributed by atoms with Crippen molar-refractivity contribution in [3.63, 3.8) is 0 Å². The zero-order chi connectivity index (χ0) is 17.8. The van der Waals surface area contributed by atoms with Crippen molar-refractivity contribution in [2.45, 2.75) is 83.8 Å². The Bertz CT molecular complexity index is 617. The highest BCUT2D eigenvalue weighted by Crippen LogP contribution is 2.26. The highest BCUT2D eigenvalue weighted by molar-refractivity contribution is 5.95. The third kappa shape index (κ3) is 4.22. The Morgan fingerprint density at radius 1 is 1.28 bits per heavy atom. The van der Waals surface area contributed by atoms with E-state index in [4.69, 9.17) is 0 Å². The van der Waals surface area contributed by atoms with Gasteiger partial charge in [-0.2, -0.15) is 5.10 Å². The quantitative estimate of drug-likeness (QED) is 0.834. The first-order valence-corrected chi connectivity index (χ1v) is 9.73. The molecule has 6 nitrogen and oxygen atoms in total. The highest BCUT2D eigenvalue weighted by atomic mass is 16.2. The molecule has 0 bridgehead atoms. The van der Waals surface area contributed by atoms with Crippen LogP contribution in [0.5, 0.6) is 0 Å². The van der Waals surface area contributed by atoms with Crippen LogP contribution in [0.2, 0.25) is 0 Å². The fraction of sp³-hybridized carbons (Fsp3) is 0.737. The molecule has 2 aliphatic rings. The largest absolute Gasteiger partial charge is 0.347 e. The number of likely N-dealkylation sites (tertiary alicyclic amines) is 1. The number of rotatable bonds is 5. The molecule has 0 aromatic carbocycles. The number of aryl methyl sites for hydroxylation is 2. The maximum atomic E-state index is 12.6. The summed E-state index contributed by atoms with van der Waals surface area (Å²) in [6.07, 6.45) is 10.4. The van der Waals surface area contributed by atoms with Crippen molar-refractivity contribution in [1.82, 2.24) is 20.0 Å². The zero-order valence-electron chi connectivity index (χ0n) is 15.5. The molecular formula is C19H30N4O2. The molecule has 6 heteroatoms. The SMILES string of the molecule is CCCn1cc(C(=O)N[C@H]2CC(=O)N(C3CCCCCC3)C2)c(C)n1. The number of aromatic nitrogens is 2. The maximum Gasteiger partial charge on any atom is 0.255 e. The van der Waals surface area contributed by atoms with Crippen molar-refractivity contribution in [1.29, 1.82) is 0 Å². The Kier molecular flexibility index (Phi) is 5.76. The van der Waals surface area contributed by atoms with E-state index in [1.54, 1.807) is 0 Å². The number of carbonyl (C=O) groups excluding carboxylic acids is 2. The molecule has 1 atom stereocenters. The summed E-state index contributed by atoms with van der Waals surface area (Å²) in [7, 11) is 0. The van der Waals surface area contributed by atoms with E-state index < -0.39 is 0 Å². The smallest absolute Gasteiger partial charge is 0.255 e. The third-order valence-electron chi connectivity index (χ3n) is 5.40. The highest BCUT2D eigenvalue weighted by Gasteiger charge is 2.35. The molecule has 0 unspecified atom stereocenters. The van der Waals surface area contributed by atoms with Crippen LogP contribution in [0, 0.1) is 6.92 Å². The summed E-state index contributed by atoms with van der Waals surface area (Å²) >= 11 is 0. The predicted molar refractivity (Wildman–Crippen MR) is 96.3 cm³/mol. The summed E-state index contributed by atoms with van der Waals surface area (Å²) in [6.45, 7) is 5.41. The second kappa shape index (κ2) is 8.02. The van der Waals surface area contributed by atoms with E-state index in [0.717, 1.165) is 31.5 Å². The van der Waals surface area contributed by atoms with Crippen LogP contribution in [-0.4, -0.2) is 45.1 Å². The van der Waals surface area contributed by atoms with Crippen LogP contribution in [0.15, 0.2) is 6.20 Å². The third-order valence-corrected chi connectivity index (χ3v) is 5.40. The van der Waals surface area contributed by atoms with Gasteiger partial charge in [-0.05, 0) is 26.2 Å². The molecule has 138 valence electrons. The van der Waals surface area contributed by atoms with Gasteiger partial charge in [0.15, 0.2) is 0 Å². The van der Waals surface area contributed by atoms with Crippen molar-refractivity contribution < 1.29 is 9.59 Å². The van der Waals surface area contributed by atoms with Gasteiger partial charge in [0.05, 0.1) is 17.3 Å². The van der Waals surface area contributed by atoms with Crippen molar-refractivity contribution in [2.75, 3.05) is 6.54 Å². The van der Waals surface area contributed by atoms with Crippen LogP contribution in [0.4, 0.5) is 0 Å². The van der Waals surface area contributed by atoms with Gasteiger partial charge in [0.25, 0.3) is 5.91 Å². The summed E-state index contributed by atoms with van der Waals surface area (Å²) in [5.74, 6) is 0.0796. The Balaban J connectivity index is 1.60. The van der Waals surface area contributed by atoms with Crippen molar-refractivity contribution >= 4 is 11.8 Å². The Labute approximate surface area is 149 Å². The van der Waals surface area contributed by atoms with E-state index in [2.05, 4.69) is 17.3 Å². The van der Waals surface area contributed by atoms with Crippen LogP contribution in [0.1, 0.15) is 74.3 Å².